The molecule has 1 aromatic rings. The number of benzene rings is 1. The van der Waals surface area contributed by atoms with Crippen LogP contribution in [0.15, 0.2) is 30.3 Å². The highest BCUT2D eigenvalue weighted by Gasteiger charge is 2.08. The van der Waals surface area contributed by atoms with E-state index in [0.717, 1.165) is 25.4 Å². The zero-order valence-corrected chi connectivity index (χ0v) is 10.4. The van der Waals surface area contributed by atoms with Crippen molar-refractivity contribution in [2.24, 2.45) is 17.6 Å². The van der Waals surface area contributed by atoms with Crippen LogP contribution in [0.3, 0.4) is 0 Å². The van der Waals surface area contributed by atoms with Crippen LogP contribution < -0.4 is 11.1 Å². The van der Waals surface area contributed by atoms with Crippen LogP contribution in [0.2, 0.25) is 0 Å². The highest BCUT2D eigenvalue weighted by molar-refractivity contribution is 5.42. The summed E-state index contributed by atoms with van der Waals surface area (Å²) in [5.74, 6) is 1.39. The number of hydrogen-bond donors (Lipinski definition) is 2. The largest absolute Gasteiger partial charge is 0.385 e. The summed E-state index contributed by atoms with van der Waals surface area (Å²) < 4.78 is 0. The maximum absolute atomic E-state index is 5.77. The lowest BCUT2D eigenvalue weighted by Crippen LogP contribution is -2.19. The van der Waals surface area contributed by atoms with Gasteiger partial charge in [0.15, 0.2) is 0 Å². The number of hydrogen-bond acceptors (Lipinski definition) is 2. The molecule has 2 heteroatoms. The zero-order valence-electron chi connectivity index (χ0n) is 10.4. The van der Waals surface area contributed by atoms with Crippen LogP contribution in [0.4, 0.5) is 5.69 Å². The normalized spacial score (nSPS) is 12.8. The van der Waals surface area contributed by atoms with Crippen molar-refractivity contribution in [1.82, 2.24) is 0 Å². The second-order valence-electron chi connectivity index (χ2n) is 4.81. The van der Waals surface area contributed by atoms with Crippen LogP contribution in [0.25, 0.3) is 0 Å². The van der Waals surface area contributed by atoms with Gasteiger partial charge in [0.2, 0.25) is 0 Å². The molecule has 1 aromatic carbocycles. The fourth-order valence-corrected chi connectivity index (χ4v) is 1.98. The summed E-state index contributed by atoms with van der Waals surface area (Å²) in [5, 5.41) is 3.43. The molecular formula is C14H24N2. The van der Waals surface area contributed by atoms with Crippen LogP contribution in [0.1, 0.15) is 26.7 Å². The summed E-state index contributed by atoms with van der Waals surface area (Å²) in [5.41, 5.74) is 6.97. The van der Waals surface area contributed by atoms with Gasteiger partial charge in [0, 0.05) is 12.2 Å². The van der Waals surface area contributed by atoms with Crippen molar-refractivity contribution < 1.29 is 0 Å². The maximum atomic E-state index is 5.77. The molecule has 16 heavy (non-hydrogen) atoms. The van der Waals surface area contributed by atoms with Crippen molar-refractivity contribution in [1.29, 1.82) is 0 Å². The van der Waals surface area contributed by atoms with Crippen molar-refractivity contribution in [3.8, 4) is 0 Å². The summed E-state index contributed by atoms with van der Waals surface area (Å²) >= 11 is 0. The minimum Gasteiger partial charge on any atom is -0.385 e. The van der Waals surface area contributed by atoms with Gasteiger partial charge < -0.3 is 11.1 Å². The fraction of sp³-hybridized carbons (Fsp3) is 0.571. The summed E-state index contributed by atoms with van der Waals surface area (Å²) in [6.07, 6.45) is 2.39. The first kappa shape index (κ1) is 13.0. The van der Waals surface area contributed by atoms with E-state index in [1.807, 2.05) is 6.07 Å². The van der Waals surface area contributed by atoms with Gasteiger partial charge in [0.05, 0.1) is 0 Å². The lowest BCUT2D eigenvalue weighted by atomic mass is 9.94. The van der Waals surface area contributed by atoms with E-state index in [4.69, 9.17) is 5.73 Å². The second-order valence-corrected chi connectivity index (χ2v) is 4.81. The van der Waals surface area contributed by atoms with Gasteiger partial charge in [-0.15, -0.1) is 0 Å². The predicted molar refractivity (Wildman–Crippen MR) is 71.5 cm³/mol. The smallest absolute Gasteiger partial charge is 0.0340 e. The molecule has 90 valence electrons. The van der Waals surface area contributed by atoms with Gasteiger partial charge in [-0.25, -0.2) is 0 Å². The number of anilines is 1. The molecule has 0 saturated carbocycles. The Hall–Kier alpha value is -1.02. The Balaban J connectivity index is 2.23. The van der Waals surface area contributed by atoms with Crippen molar-refractivity contribution in [3.05, 3.63) is 30.3 Å². The van der Waals surface area contributed by atoms with E-state index in [-0.39, 0.29) is 0 Å². The van der Waals surface area contributed by atoms with Crippen LogP contribution >= 0.6 is 0 Å². The first-order chi connectivity index (χ1) is 7.72. The predicted octanol–water partition coefficient (Wildman–Crippen LogP) is 3.11. The molecule has 1 rings (SSSR count). The average Bonchev–Trinajstić information content (AvgIpc) is 2.28. The molecule has 0 spiro atoms. The molecule has 0 bridgehead atoms. The van der Waals surface area contributed by atoms with Gasteiger partial charge in [0.25, 0.3) is 0 Å². The maximum Gasteiger partial charge on any atom is 0.0340 e. The molecule has 0 radical (unpaired) electrons. The van der Waals surface area contributed by atoms with E-state index in [1.165, 1.54) is 12.1 Å². The Morgan fingerprint density at radius 1 is 1.19 bits per heavy atom. The molecule has 0 heterocycles. The van der Waals surface area contributed by atoms with E-state index < -0.39 is 0 Å². The quantitative estimate of drug-likeness (QED) is 0.741. The Morgan fingerprint density at radius 3 is 2.44 bits per heavy atom. The molecule has 0 aliphatic heterocycles. The van der Waals surface area contributed by atoms with Crippen LogP contribution in [0, 0.1) is 11.8 Å². The molecular weight excluding hydrogens is 196 g/mol. The summed E-state index contributed by atoms with van der Waals surface area (Å²) in [7, 11) is 0. The molecule has 0 saturated heterocycles. The molecule has 2 nitrogen and oxygen atoms in total. The van der Waals surface area contributed by atoms with E-state index >= 15 is 0 Å². The van der Waals surface area contributed by atoms with Crippen molar-refractivity contribution in [3.63, 3.8) is 0 Å². The number of nitrogens with two attached hydrogens (primary N) is 1. The lowest BCUT2D eigenvalue weighted by molar-refractivity contribution is 0.402. The second kappa shape index (κ2) is 7.29. The molecule has 3 N–H and O–H groups in total. The Bertz CT molecular complexity index is 269. The molecule has 0 aliphatic carbocycles. The monoisotopic (exact) mass is 220 g/mol. The summed E-state index contributed by atoms with van der Waals surface area (Å²) in [6.45, 7) is 6.33. The SMILES string of the molecule is CC(C)CC(CN)CCNc1ccccc1. The van der Waals surface area contributed by atoms with E-state index in [2.05, 4.69) is 43.4 Å². The Kier molecular flexibility index (Phi) is 5.94. The fourth-order valence-electron chi connectivity index (χ4n) is 1.98. The van der Waals surface area contributed by atoms with Gasteiger partial charge in [-0.1, -0.05) is 32.0 Å². The van der Waals surface area contributed by atoms with Crippen molar-refractivity contribution in [2.75, 3.05) is 18.4 Å². The van der Waals surface area contributed by atoms with Gasteiger partial charge in [-0.2, -0.15) is 0 Å². The molecule has 0 amide bonds. The van der Waals surface area contributed by atoms with Crippen LogP contribution in [-0.4, -0.2) is 13.1 Å². The topological polar surface area (TPSA) is 38.0 Å². The van der Waals surface area contributed by atoms with Gasteiger partial charge in [-0.05, 0) is 43.4 Å². The molecule has 0 aromatic heterocycles. The third-order valence-electron chi connectivity index (χ3n) is 2.79. The highest BCUT2D eigenvalue weighted by atomic mass is 14.9. The standard InChI is InChI=1S/C14H24N2/c1-12(2)10-13(11-15)8-9-16-14-6-4-3-5-7-14/h3-7,12-13,16H,8-11,15H2,1-2H3. The van der Waals surface area contributed by atoms with E-state index in [1.54, 1.807) is 0 Å². The highest BCUT2D eigenvalue weighted by Crippen LogP contribution is 2.14. The molecule has 0 fully saturated rings. The first-order valence-corrected chi connectivity index (χ1v) is 6.21. The van der Waals surface area contributed by atoms with Gasteiger partial charge in [-0.3, -0.25) is 0 Å². The minimum absolute atomic E-state index is 0.649. The number of rotatable bonds is 7. The van der Waals surface area contributed by atoms with Crippen LogP contribution in [0.5, 0.6) is 0 Å². The van der Waals surface area contributed by atoms with Gasteiger partial charge in [0.1, 0.15) is 0 Å². The molecule has 1 atom stereocenters. The number of para-hydroxylation sites is 1. The average molecular weight is 220 g/mol. The first-order valence-electron chi connectivity index (χ1n) is 6.21. The lowest BCUT2D eigenvalue weighted by Gasteiger charge is -2.17. The van der Waals surface area contributed by atoms with Gasteiger partial charge >= 0.3 is 0 Å². The molecule has 1 unspecified atom stereocenters. The Morgan fingerprint density at radius 2 is 1.88 bits per heavy atom. The zero-order chi connectivity index (χ0) is 11.8. The molecule has 0 aliphatic rings. The van der Waals surface area contributed by atoms with Crippen LogP contribution in [-0.2, 0) is 0 Å². The summed E-state index contributed by atoms with van der Waals surface area (Å²) in [6, 6.07) is 10.3. The Labute approximate surface area is 99.2 Å². The van der Waals surface area contributed by atoms with Crippen molar-refractivity contribution in [2.45, 2.75) is 26.7 Å². The van der Waals surface area contributed by atoms with E-state index in [9.17, 15) is 0 Å². The van der Waals surface area contributed by atoms with Crippen molar-refractivity contribution >= 4 is 5.69 Å². The minimum atomic E-state index is 0.649. The third kappa shape index (κ3) is 5.17. The summed E-state index contributed by atoms with van der Waals surface area (Å²) in [4.78, 5) is 0. The number of nitrogens with one attached hydrogen (secondary N) is 1. The third-order valence-corrected chi connectivity index (χ3v) is 2.79. The van der Waals surface area contributed by atoms with E-state index in [0.29, 0.717) is 5.92 Å².